The summed E-state index contributed by atoms with van der Waals surface area (Å²) in [5.41, 5.74) is 12.5. The summed E-state index contributed by atoms with van der Waals surface area (Å²) >= 11 is 0. The molecule has 5 aliphatic heterocycles. The van der Waals surface area contributed by atoms with Gasteiger partial charge in [-0.1, -0.05) is 18.4 Å². The Hall–Kier alpha value is -1.96. The lowest BCUT2D eigenvalue weighted by molar-refractivity contribution is -0.304. The van der Waals surface area contributed by atoms with Gasteiger partial charge in [-0.05, 0) is 128 Å². The zero-order chi connectivity index (χ0) is 40.4. The van der Waals surface area contributed by atoms with E-state index in [0.29, 0.717) is 50.1 Å². The minimum absolute atomic E-state index is 0.0219. The van der Waals surface area contributed by atoms with E-state index >= 15 is 0 Å². The van der Waals surface area contributed by atoms with Crippen LogP contribution in [-0.4, -0.2) is 115 Å². The largest absolute Gasteiger partial charge is 0.456 e. The minimum atomic E-state index is -1.10. The first kappa shape index (κ1) is 43.1. The van der Waals surface area contributed by atoms with Crippen LogP contribution in [0.5, 0.6) is 0 Å². The molecule has 18 atom stereocenters. The second-order valence-corrected chi connectivity index (χ2v) is 18.8. The summed E-state index contributed by atoms with van der Waals surface area (Å²) in [4.78, 5) is 28.3. The summed E-state index contributed by atoms with van der Waals surface area (Å²) in [5.74, 6) is 5.53. The number of aliphatic hydroxyl groups is 3. The van der Waals surface area contributed by atoms with Crippen molar-refractivity contribution in [3.05, 3.63) is 11.6 Å². The van der Waals surface area contributed by atoms with Gasteiger partial charge in [0.1, 0.15) is 17.5 Å². The Morgan fingerprint density at radius 3 is 2.58 bits per heavy atom. The standard InChI is InChI=1S/C44H71N5O8/c1-4-25(13-15-47-3)43(54)56-34-21-32-40(53)38-33(52)20-30(23-50)55-42(38)39-37(27-14-16-48-36(46)19-27)31(26-7-5-9-29(51)18-26)10-6-8-28(44(34,2)57-41(32)39)17-24-11-12-35(45)49-22-24/h4,24,26-32,34-42,47-51,53H,5,7-9,11-23,45-46H2,1-3H3. The number of rotatable bonds is 10. The minimum Gasteiger partial charge on any atom is -0.456 e. The Bertz CT molecular complexity index is 1500. The summed E-state index contributed by atoms with van der Waals surface area (Å²) in [7, 11) is 1.85. The van der Waals surface area contributed by atoms with Gasteiger partial charge in [0, 0.05) is 42.1 Å². The van der Waals surface area contributed by atoms with E-state index in [2.05, 4.69) is 34.7 Å². The number of nitrogens with two attached hydrogens (primary N) is 2. The first-order chi connectivity index (χ1) is 27.4. The van der Waals surface area contributed by atoms with Crippen LogP contribution in [0.1, 0.15) is 97.3 Å². The van der Waals surface area contributed by atoms with Crippen molar-refractivity contribution in [1.82, 2.24) is 16.0 Å². The summed E-state index contributed by atoms with van der Waals surface area (Å²) < 4.78 is 21.1. The molecule has 2 bridgehead atoms. The van der Waals surface area contributed by atoms with Crippen LogP contribution < -0.4 is 27.4 Å². The highest BCUT2D eigenvalue weighted by Crippen LogP contribution is 2.57. The average Bonchev–Trinajstić information content (AvgIpc) is 3.19. The molecular formula is C44H71N5O8. The van der Waals surface area contributed by atoms with E-state index in [4.69, 9.17) is 25.7 Å². The Morgan fingerprint density at radius 1 is 1.05 bits per heavy atom. The van der Waals surface area contributed by atoms with Gasteiger partial charge in [0.05, 0.1) is 55.4 Å². The molecule has 0 aromatic heterocycles. The predicted octanol–water partition coefficient (Wildman–Crippen LogP) is 1.71. The molecule has 4 saturated heterocycles. The highest BCUT2D eigenvalue weighted by atomic mass is 16.6. The van der Waals surface area contributed by atoms with E-state index in [9.17, 15) is 24.9 Å². The molecule has 5 heterocycles. The van der Waals surface area contributed by atoms with Gasteiger partial charge in [-0.25, -0.2) is 4.79 Å². The fraction of sp³-hybridized carbons (Fsp3) is 0.864. The van der Waals surface area contributed by atoms with Crippen LogP contribution in [0.4, 0.5) is 0 Å². The van der Waals surface area contributed by atoms with Gasteiger partial charge in [-0.2, -0.15) is 0 Å². The summed E-state index contributed by atoms with van der Waals surface area (Å²) in [6.07, 6.45) is 6.22. The molecule has 18 unspecified atom stereocenters. The molecule has 13 heteroatoms. The number of allylic oxidation sites excluding steroid dienone is 1. The van der Waals surface area contributed by atoms with Crippen LogP contribution in [0.15, 0.2) is 11.6 Å². The molecule has 6 fully saturated rings. The number of ether oxygens (including phenoxy) is 3. The van der Waals surface area contributed by atoms with E-state index in [-0.39, 0.29) is 66.6 Å². The molecule has 2 saturated carbocycles. The third kappa shape index (κ3) is 9.07. The lowest BCUT2D eigenvalue weighted by atomic mass is 9.53. The zero-order valence-corrected chi connectivity index (χ0v) is 34.5. The highest BCUT2D eigenvalue weighted by molar-refractivity contribution is 5.88. The third-order valence-electron chi connectivity index (χ3n) is 15.4. The fourth-order valence-corrected chi connectivity index (χ4v) is 12.3. The van der Waals surface area contributed by atoms with Crippen LogP contribution in [0.2, 0.25) is 0 Å². The Kier molecular flexibility index (Phi) is 14.2. The number of ketones is 1. The molecule has 13 nitrogen and oxygen atoms in total. The normalized spacial score (nSPS) is 46.6. The zero-order valence-electron chi connectivity index (χ0n) is 34.5. The number of Topliss-reactive ketones (excluding diaryl/α,β-unsaturated/α-hetero) is 1. The molecule has 0 amide bonds. The lowest BCUT2D eigenvalue weighted by Gasteiger charge is -2.62. The smallest absolute Gasteiger partial charge is 0.334 e. The fourth-order valence-electron chi connectivity index (χ4n) is 12.3. The number of aliphatic hydroxyl groups excluding tert-OH is 3. The second-order valence-electron chi connectivity index (χ2n) is 18.8. The second kappa shape index (κ2) is 18.8. The van der Waals surface area contributed by atoms with Crippen LogP contribution in [-0.2, 0) is 23.8 Å². The number of nitrogens with one attached hydrogen (secondary N) is 3. The molecule has 2 aliphatic carbocycles. The Balaban J connectivity index is 1.38. The molecule has 57 heavy (non-hydrogen) atoms. The highest BCUT2D eigenvalue weighted by Gasteiger charge is 2.65. The maximum Gasteiger partial charge on any atom is 0.334 e. The number of hydrogen-bond acceptors (Lipinski definition) is 13. The van der Waals surface area contributed by atoms with Gasteiger partial charge in [-0.15, -0.1) is 5.92 Å². The monoisotopic (exact) mass is 798 g/mol. The van der Waals surface area contributed by atoms with Crippen molar-refractivity contribution < 1.29 is 39.1 Å². The van der Waals surface area contributed by atoms with Gasteiger partial charge < -0.3 is 56.9 Å². The van der Waals surface area contributed by atoms with Crippen LogP contribution in [0, 0.1) is 65.1 Å². The van der Waals surface area contributed by atoms with Crippen molar-refractivity contribution in [2.75, 3.05) is 33.3 Å². The van der Waals surface area contributed by atoms with Crippen LogP contribution in [0.25, 0.3) is 0 Å². The van der Waals surface area contributed by atoms with Gasteiger partial charge in [-0.3, -0.25) is 4.79 Å². The van der Waals surface area contributed by atoms with Crippen LogP contribution >= 0.6 is 0 Å². The maximum absolute atomic E-state index is 14.2. The van der Waals surface area contributed by atoms with Gasteiger partial charge in [0.15, 0.2) is 0 Å². The van der Waals surface area contributed by atoms with E-state index < -0.39 is 60.0 Å². The van der Waals surface area contributed by atoms with Crippen molar-refractivity contribution >= 4 is 11.8 Å². The molecule has 0 radical (unpaired) electrons. The number of carbonyl (C=O) groups excluding carboxylic acids is 2. The maximum atomic E-state index is 14.2. The summed E-state index contributed by atoms with van der Waals surface area (Å²) in [6, 6.07) is 0. The van der Waals surface area contributed by atoms with Crippen LogP contribution in [0.3, 0.4) is 0 Å². The van der Waals surface area contributed by atoms with Crippen molar-refractivity contribution in [3.63, 3.8) is 0 Å². The average molecular weight is 798 g/mol. The third-order valence-corrected chi connectivity index (χ3v) is 15.4. The molecule has 320 valence electrons. The molecule has 0 spiro atoms. The van der Waals surface area contributed by atoms with Gasteiger partial charge >= 0.3 is 5.97 Å². The molecule has 10 N–H and O–H groups in total. The topological polar surface area (TPSA) is 211 Å². The number of esters is 1. The van der Waals surface area contributed by atoms with Crippen molar-refractivity contribution in [2.45, 2.75) is 152 Å². The van der Waals surface area contributed by atoms with E-state index in [1.54, 1.807) is 0 Å². The summed E-state index contributed by atoms with van der Waals surface area (Å²) in [5, 5.41) is 44.1. The molecular weight excluding hydrogens is 727 g/mol. The van der Waals surface area contributed by atoms with Gasteiger partial charge in [0.2, 0.25) is 0 Å². The SMILES string of the molecule is CC=C(CCNC)C(=O)OC1CC2C(O)C3C(=O)CC(CO)OC3C3C2OC1(C)C(CC1CCC(N)NC1)CC#CC(C1CCCC(O)C1)C3C1CCNC(N)C1. The van der Waals surface area contributed by atoms with Gasteiger partial charge in [0.25, 0.3) is 0 Å². The van der Waals surface area contributed by atoms with Crippen molar-refractivity contribution in [2.24, 2.45) is 64.7 Å². The molecule has 7 aliphatic rings. The quantitative estimate of drug-likeness (QED) is 0.0901. The first-order valence-electron chi connectivity index (χ1n) is 22.3. The first-order valence-corrected chi connectivity index (χ1v) is 22.3. The molecule has 0 aromatic rings. The predicted molar refractivity (Wildman–Crippen MR) is 215 cm³/mol. The number of piperidine rings is 2. The molecule has 7 rings (SSSR count). The van der Waals surface area contributed by atoms with Crippen molar-refractivity contribution in [1.29, 1.82) is 0 Å². The van der Waals surface area contributed by atoms with E-state index in [1.807, 2.05) is 20.0 Å². The number of carbonyl (C=O) groups is 2. The van der Waals surface area contributed by atoms with Crippen molar-refractivity contribution in [3.8, 4) is 11.8 Å². The number of hydrogen-bond donors (Lipinski definition) is 8. The molecule has 0 aromatic carbocycles. The lowest BCUT2D eigenvalue weighted by Crippen LogP contribution is -2.71. The van der Waals surface area contributed by atoms with E-state index in [1.165, 1.54) is 0 Å². The Labute approximate surface area is 339 Å². The summed E-state index contributed by atoms with van der Waals surface area (Å²) in [6.45, 7) is 5.77. The van der Waals surface area contributed by atoms with E-state index in [0.717, 1.165) is 58.0 Å². The number of fused-ring (bicyclic) bond motifs is 3. The Morgan fingerprint density at radius 2 is 1.88 bits per heavy atom.